The van der Waals surface area contributed by atoms with Gasteiger partial charge < -0.3 is 4.90 Å². The molecule has 0 saturated carbocycles. The Labute approximate surface area is 187 Å². The van der Waals surface area contributed by atoms with Gasteiger partial charge in [-0.05, 0) is 62.2 Å². The Morgan fingerprint density at radius 2 is 1.86 bits per heavy atom. The van der Waals surface area contributed by atoms with Crippen molar-refractivity contribution in [2.24, 2.45) is 0 Å². The van der Waals surface area contributed by atoms with Crippen molar-refractivity contribution in [1.82, 2.24) is 9.88 Å². The van der Waals surface area contributed by atoms with Crippen LogP contribution < -0.4 is 4.90 Å². The van der Waals surface area contributed by atoms with Crippen molar-refractivity contribution >= 4 is 56.8 Å². The highest BCUT2D eigenvalue weighted by atomic mass is 35.5. The van der Waals surface area contributed by atoms with Gasteiger partial charge in [0.15, 0.2) is 5.13 Å². The van der Waals surface area contributed by atoms with Crippen LogP contribution in [0.1, 0.15) is 29.8 Å². The Bertz CT molecular complexity index is 956. The summed E-state index contributed by atoms with van der Waals surface area (Å²) < 4.78 is 1.12. The van der Waals surface area contributed by atoms with E-state index in [1.54, 1.807) is 23.1 Å². The number of amides is 1. The summed E-state index contributed by atoms with van der Waals surface area (Å²) in [7, 11) is 0. The number of benzene rings is 2. The molecule has 156 valence electrons. The first-order valence-electron chi connectivity index (χ1n) is 9.61. The number of rotatable bonds is 8. The lowest BCUT2D eigenvalue weighted by Crippen LogP contribution is -2.38. The molecule has 0 radical (unpaired) electrons. The number of fused-ring (bicyclic) bond motifs is 1. The molecule has 1 heterocycles. The molecule has 0 saturated heterocycles. The maximum absolute atomic E-state index is 13.4. The summed E-state index contributed by atoms with van der Waals surface area (Å²) >= 11 is 3.24. The lowest BCUT2D eigenvalue weighted by atomic mass is 10.2. The van der Waals surface area contributed by atoms with E-state index in [2.05, 4.69) is 37.8 Å². The van der Waals surface area contributed by atoms with E-state index in [-0.39, 0.29) is 18.3 Å². The van der Waals surface area contributed by atoms with Crippen LogP contribution in [0, 0.1) is 6.92 Å². The molecule has 0 spiro atoms. The second-order valence-corrected chi connectivity index (χ2v) is 8.57. The van der Waals surface area contributed by atoms with Crippen molar-refractivity contribution in [2.45, 2.75) is 25.7 Å². The SMILES string of the molecule is CCN(CC)CCN(C(=O)c1cccc(SC)c1)c1nc2ccc(C)cc2s1.Cl. The fraction of sp³-hybridized carbons (Fsp3) is 0.364. The number of nitrogens with zero attached hydrogens (tertiary/aromatic N) is 3. The first-order chi connectivity index (χ1) is 13.5. The number of likely N-dealkylation sites (N-methyl/N-ethyl adjacent to an activating group) is 1. The highest BCUT2D eigenvalue weighted by Gasteiger charge is 2.22. The number of aromatic nitrogens is 1. The highest BCUT2D eigenvalue weighted by molar-refractivity contribution is 7.98. The van der Waals surface area contributed by atoms with Crippen LogP contribution in [-0.4, -0.2) is 48.2 Å². The molecule has 1 aromatic heterocycles. The normalized spacial score (nSPS) is 10.9. The van der Waals surface area contributed by atoms with Gasteiger partial charge in [-0.2, -0.15) is 0 Å². The van der Waals surface area contributed by atoms with Crippen LogP contribution in [-0.2, 0) is 0 Å². The number of aryl methyl sites for hydroxylation is 1. The van der Waals surface area contributed by atoms with Crippen LogP contribution in [0.2, 0.25) is 0 Å². The Morgan fingerprint density at radius 3 is 2.55 bits per heavy atom. The van der Waals surface area contributed by atoms with Crippen molar-refractivity contribution < 1.29 is 4.79 Å². The van der Waals surface area contributed by atoms with Gasteiger partial charge >= 0.3 is 0 Å². The number of carbonyl (C=O) groups is 1. The number of hydrogen-bond acceptors (Lipinski definition) is 5. The maximum Gasteiger partial charge on any atom is 0.260 e. The molecule has 3 rings (SSSR count). The number of hydrogen-bond donors (Lipinski definition) is 0. The molecular weight excluding hydrogens is 422 g/mol. The van der Waals surface area contributed by atoms with Gasteiger partial charge in [0, 0.05) is 23.5 Å². The summed E-state index contributed by atoms with van der Waals surface area (Å²) in [6, 6.07) is 14.1. The van der Waals surface area contributed by atoms with E-state index in [4.69, 9.17) is 4.98 Å². The van der Waals surface area contributed by atoms with E-state index in [1.807, 2.05) is 41.5 Å². The Morgan fingerprint density at radius 1 is 1.10 bits per heavy atom. The van der Waals surface area contributed by atoms with Gasteiger partial charge in [0.05, 0.1) is 10.2 Å². The molecule has 0 aliphatic carbocycles. The molecule has 7 heteroatoms. The number of carbonyl (C=O) groups excluding carboxylic acids is 1. The van der Waals surface area contributed by atoms with Crippen LogP contribution >= 0.6 is 35.5 Å². The third-order valence-corrected chi connectivity index (χ3v) is 6.63. The summed E-state index contributed by atoms with van der Waals surface area (Å²) in [5, 5.41) is 0.771. The summed E-state index contributed by atoms with van der Waals surface area (Å²) in [4.78, 5) is 23.5. The first-order valence-corrected chi connectivity index (χ1v) is 11.6. The molecule has 0 unspecified atom stereocenters. The van der Waals surface area contributed by atoms with Crippen molar-refractivity contribution in [3.63, 3.8) is 0 Å². The molecule has 0 N–H and O–H groups in total. The highest BCUT2D eigenvalue weighted by Crippen LogP contribution is 2.30. The van der Waals surface area contributed by atoms with Crippen molar-refractivity contribution in [3.05, 3.63) is 53.6 Å². The average molecular weight is 450 g/mol. The van der Waals surface area contributed by atoms with Gasteiger partial charge in [0.2, 0.25) is 0 Å². The zero-order chi connectivity index (χ0) is 20.1. The molecule has 0 atom stereocenters. The summed E-state index contributed by atoms with van der Waals surface area (Å²) in [6.45, 7) is 9.78. The van der Waals surface area contributed by atoms with Crippen molar-refractivity contribution in [2.75, 3.05) is 37.3 Å². The number of thiazole rings is 1. The van der Waals surface area contributed by atoms with Crippen LogP contribution in [0.3, 0.4) is 0 Å². The maximum atomic E-state index is 13.4. The third kappa shape index (κ3) is 5.72. The van der Waals surface area contributed by atoms with E-state index in [0.717, 1.165) is 39.9 Å². The number of anilines is 1. The van der Waals surface area contributed by atoms with E-state index in [9.17, 15) is 4.79 Å². The molecule has 0 aliphatic heterocycles. The Hall–Kier alpha value is -1.60. The van der Waals surface area contributed by atoms with E-state index >= 15 is 0 Å². The molecule has 4 nitrogen and oxygen atoms in total. The van der Waals surface area contributed by atoms with Gasteiger partial charge in [-0.25, -0.2) is 4.98 Å². The molecular formula is C22H28ClN3OS2. The predicted octanol–water partition coefficient (Wildman–Crippen LogP) is 5.74. The van der Waals surface area contributed by atoms with Crippen molar-refractivity contribution in [1.29, 1.82) is 0 Å². The second kappa shape index (κ2) is 11.0. The Kier molecular flexibility index (Phi) is 8.96. The molecule has 0 aliphatic rings. The minimum absolute atomic E-state index is 0. The van der Waals surface area contributed by atoms with E-state index in [0.29, 0.717) is 12.1 Å². The summed E-state index contributed by atoms with van der Waals surface area (Å²) in [5.74, 6) is 0.0128. The molecule has 29 heavy (non-hydrogen) atoms. The van der Waals surface area contributed by atoms with Crippen LogP contribution in [0.15, 0.2) is 47.4 Å². The minimum Gasteiger partial charge on any atom is -0.302 e. The monoisotopic (exact) mass is 449 g/mol. The first kappa shape index (κ1) is 23.7. The van der Waals surface area contributed by atoms with Crippen LogP contribution in [0.25, 0.3) is 10.2 Å². The second-order valence-electron chi connectivity index (χ2n) is 6.68. The fourth-order valence-electron chi connectivity index (χ4n) is 3.11. The van der Waals surface area contributed by atoms with Crippen LogP contribution in [0.4, 0.5) is 5.13 Å². The van der Waals surface area contributed by atoms with E-state index in [1.165, 1.54) is 5.56 Å². The lowest BCUT2D eigenvalue weighted by molar-refractivity contribution is 0.0983. The molecule has 0 fully saturated rings. The zero-order valence-corrected chi connectivity index (χ0v) is 19.8. The van der Waals surface area contributed by atoms with E-state index < -0.39 is 0 Å². The van der Waals surface area contributed by atoms with Gasteiger partial charge in [-0.15, -0.1) is 24.2 Å². The van der Waals surface area contributed by atoms with Gasteiger partial charge in [0.1, 0.15) is 0 Å². The largest absolute Gasteiger partial charge is 0.302 e. The molecule has 0 bridgehead atoms. The average Bonchev–Trinajstić information content (AvgIpc) is 3.13. The molecule has 3 aromatic rings. The van der Waals surface area contributed by atoms with Crippen LogP contribution in [0.5, 0.6) is 0 Å². The van der Waals surface area contributed by atoms with Gasteiger partial charge in [-0.3, -0.25) is 9.69 Å². The predicted molar refractivity (Wildman–Crippen MR) is 129 cm³/mol. The molecule has 1 amide bonds. The Balaban J connectivity index is 0.00000300. The van der Waals surface area contributed by atoms with Gasteiger partial charge in [-0.1, -0.05) is 37.3 Å². The van der Waals surface area contributed by atoms with Crippen molar-refractivity contribution in [3.8, 4) is 0 Å². The smallest absolute Gasteiger partial charge is 0.260 e. The summed E-state index contributed by atoms with van der Waals surface area (Å²) in [5.41, 5.74) is 2.86. The minimum atomic E-state index is 0. The molecule has 2 aromatic carbocycles. The quantitative estimate of drug-likeness (QED) is 0.411. The topological polar surface area (TPSA) is 36.4 Å². The van der Waals surface area contributed by atoms with Gasteiger partial charge in [0.25, 0.3) is 5.91 Å². The summed E-state index contributed by atoms with van der Waals surface area (Å²) in [6.07, 6.45) is 2.03. The lowest BCUT2D eigenvalue weighted by Gasteiger charge is -2.24. The number of thioether (sulfide) groups is 1. The zero-order valence-electron chi connectivity index (χ0n) is 17.3. The fourth-order valence-corrected chi connectivity index (χ4v) is 4.66. The third-order valence-electron chi connectivity index (χ3n) is 4.86. The number of halogens is 1. The standard InChI is InChI=1S/C22H27N3OS2.ClH/c1-5-24(6-2)12-13-25(21(26)17-8-7-9-18(15-17)27-4)22-23-19-11-10-16(3)14-20(19)28-22;/h7-11,14-15H,5-6,12-13H2,1-4H3;1H.